The number of amides is 1. The van der Waals surface area contributed by atoms with Crippen molar-refractivity contribution in [1.82, 2.24) is 16.0 Å². The molecule has 0 bridgehead atoms. The molecule has 2 aromatic heterocycles. The molecule has 2 heterocycles. The van der Waals surface area contributed by atoms with Crippen molar-refractivity contribution in [2.24, 2.45) is 4.99 Å². The van der Waals surface area contributed by atoms with E-state index < -0.39 is 5.60 Å². The van der Waals surface area contributed by atoms with Gasteiger partial charge in [0.05, 0.1) is 11.4 Å². The van der Waals surface area contributed by atoms with Crippen LogP contribution in [0.25, 0.3) is 0 Å². The molecule has 9 heteroatoms. The van der Waals surface area contributed by atoms with Crippen molar-refractivity contribution in [3.8, 4) is 0 Å². The Kier molecular flexibility index (Phi) is 10.5. The molecule has 0 saturated heterocycles. The number of furan rings is 1. The predicted octanol–water partition coefficient (Wildman–Crippen LogP) is 2.85. The van der Waals surface area contributed by atoms with Gasteiger partial charge >= 0.3 is 0 Å². The fraction of sp³-hybridized carbons (Fsp3) is 0.474. The van der Waals surface area contributed by atoms with Gasteiger partial charge in [0.25, 0.3) is 5.91 Å². The number of thiophene rings is 1. The van der Waals surface area contributed by atoms with Gasteiger partial charge in [0, 0.05) is 19.6 Å². The van der Waals surface area contributed by atoms with Gasteiger partial charge in [-0.15, -0.1) is 35.3 Å². The van der Waals surface area contributed by atoms with Crippen LogP contribution >= 0.6 is 35.3 Å². The van der Waals surface area contributed by atoms with Gasteiger partial charge in [-0.25, -0.2) is 4.99 Å². The normalized spacial score (nSPS) is 13.4. The van der Waals surface area contributed by atoms with Crippen LogP contribution in [-0.2, 0) is 5.60 Å². The standard InChI is InChI=1S/C19H28N4O3S.HI/c1-4-20-18(23-13-19(3,25)16-9-8-14(2)26-16)22-11-6-10-21-17(24)15-7-5-12-27-15;/h5,7-9,12,25H,4,6,10-11,13H2,1-3H3,(H,21,24)(H2,20,22,23);1H. The molecule has 7 nitrogen and oxygen atoms in total. The molecule has 0 aliphatic heterocycles. The van der Waals surface area contributed by atoms with Crippen LogP contribution in [-0.4, -0.2) is 43.2 Å². The third-order valence-corrected chi connectivity index (χ3v) is 4.71. The van der Waals surface area contributed by atoms with Crippen molar-refractivity contribution in [3.63, 3.8) is 0 Å². The van der Waals surface area contributed by atoms with Crippen molar-refractivity contribution in [2.75, 3.05) is 26.2 Å². The van der Waals surface area contributed by atoms with Crippen LogP contribution in [0.1, 0.15) is 41.5 Å². The van der Waals surface area contributed by atoms with E-state index in [1.807, 2.05) is 31.4 Å². The minimum Gasteiger partial charge on any atom is -0.463 e. The van der Waals surface area contributed by atoms with E-state index in [-0.39, 0.29) is 36.4 Å². The highest BCUT2D eigenvalue weighted by Crippen LogP contribution is 2.22. The molecular weight excluding hydrogens is 491 g/mol. The van der Waals surface area contributed by atoms with Crippen LogP contribution in [0.2, 0.25) is 0 Å². The van der Waals surface area contributed by atoms with Crippen LogP contribution < -0.4 is 16.0 Å². The van der Waals surface area contributed by atoms with Gasteiger partial charge in [0.2, 0.25) is 0 Å². The van der Waals surface area contributed by atoms with Crippen molar-refractivity contribution >= 4 is 47.2 Å². The second kappa shape index (κ2) is 12.1. The van der Waals surface area contributed by atoms with Crippen molar-refractivity contribution in [1.29, 1.82) is 0 Å². The molecule has 1 unspecified atom stereocenters. The van der Waals surface area contributed by atoms with E-state index in [1.165, 1.54) is 11.3 Å². The third-order valence-electron chi connectivity index (χ3n) is 3.84. The Balaban J connectivity index is 0.00000392. The number of guanidine groups is 1. The molecule has 0 saturated carbocycles. The summed E-state index contributed by atoms with van der Waals surface area (Å²) >= 11 is 1.43. The summed E-state index contributed by atoms with van der Waals surface area (Å²) in [5.74, 6) is 1.82. The first-order valence-electron chi connectivity index (χ1n) is 9.05. The zero-order valence-electron chi connectivity index (χ0n) is 16.4. The van der Waals surface area contributed by atoms with Gasteiger partial charge in [-0.05, 0) is 50.8 Å². The Morgan fingerprint density at radius 1 is 1.25 bits per heavy atom. The fourth-order valence-electron chi connectivity index (χ4n) is 2.37. The molecule has 0 spiro atoms. The van der Waals surface area contributed by atoms with Crippen molar-refractivity contribution in [2.45, 2.75) is 32.8 Å². The first kappa shape index (κ1) is 24.4. The lowest BCUT2D eigenvalue weighted by molar-refractivity contribution is 0.0428. The van der Waals surface area contributed by atoms with Crippen molar-refractivity contribution < 1.29 is 14.3 Å². The average molecular weight is 520 g/mol. The summed E-state index contributed by atoms with van der Waals surface area (Å²) in [6, 6.07) is 7.25. The molecule has 28 heavy (non-hydrogen) atoms. The largest absolute Gasteiger partial charge is 0.463 e. The number of aliphatic hydroxyl groups is 1. The minimum atomic E-state index is -1.18. The summed E-state index contributed by atoms with van der Waals surface area (Å²) in [5, 5.41) is 21.7. The molecule has 0 aromatic carbocycles. The Bertz CT molecular complexity index is 744. The van der Waals surface area contributed by atoms with E-state index in [0.717, 1.165) is 12.2 Å². The molecule has 0 aliphatic carbocycles. The SMILES string of the molecule is CCNC(=NCC(C)(O)c1ccc(C)o1)NCCCNC(=O)c1cccs1.I. The van der Waals surface area contributed by atoms with E-state index >= 15 is 0 Å². The lowest BCUT2D eigenvalue weighted by atomic mass is 10.0. The number of halogens is 1. The number of nitrogens with zero attached hydrogens (tertiary/aromatic N) is 1. The molecule has 2 rings (SSSR count). The Morgan fingerprint density at radius 2 is 2.00 bits per heavy atom. The number of aliphatic imine (C=N–C) groups is 1. The topological polar surface area (TPSA) is 98.9 Å². The van der Waals surface area contributed by atoms with Gasteiger partial charge in [-0.3, -0.25) is 4.79 Å². The average Bonchev–Trinajstić information content (AvgIpc) is 3.31. The number of hydrogen-bond acceptors (Lipinski definition) is 5. The quantitative estimate of drug-likeness (QED) is 0.177. The number of aryl methyl sites for hydroxylation is 1. The molecule has 1 amide bonds. The van der Waals surface area contributed by atoms with E-state index in [1.54, 1.807) is 19.1 Å². The van der Waals surface area contributed by atoms with Gasteiger partial charge in [-0.1, -0.05) is 6.07 Å². The maximum atomic E-state index is 11.9. The van der Waals surface area contributed by atoms with Crippen LogP contribution in [0, 0.1) is 6.92 Å². The monoisotopic (exact) mass is 520 g/mol. The molecule has 1 atom stereocenters. The smallest absolute Gasteiger partial charge is 0.261 e. The predicted molar refractivity (Wildman–Crippen MR) is 124 cm³/mol. The summed E-state index contributed by atoms with van der Waals surface area (Å²) in [4.78, 5) is 17.0. The molecule has 0 aliphatic rings. The van der Waals surface area contributed by atoms with Crippen LogP contribution in [0.15, 0.2) is 39.1 Å². The molecule has 2 aromatic rings. The molecular formula is C19H29IN4O3S. The second-order valence-electron chi connectivity index (χ2n) is 6.39. The van der Waals surface area contributed by atoms with E-state index in [4.69, 9.17) is 4.42 Å². The van der Waals surface area contributed by atoms with Crippen molar-refractivity contribution in [3.05, 3.63) is 46.0 Å². The highest BCUT2D eigenvalue weighted by molar-refractivity contribution is 14.0. The molecule has 0 radical (unpaired) electrons. The van der Waals surface area contributed by atoms with Gasteiger partial charge in [0.1, 0.15) is 17.1 Å². The number of nitrogens with one attached hydrogen (secondary N) is 3. The van der Waals surface area contributed by atoms with Crippen LogP contribution in [0.4, 0.5) is 0 Å². The summed E-state index contributed by atoms with van der Waals surface area (Å²) < 4.78 is 5.51. The maximum Gasteiger partial charge on any atom is 0.261 e. The maximum absolute atomic E-state index is 11.9. The summed E-state index contributed by atoms with van der Waals surface area (Å²) in [5.41, 5.74) is -1.18. The van der Waals surface area contributed by atoms with E-state index in [9.17, 15) is 9.90 Å². The molecule has 4 N–H and O–H groups in total. The highest BCUT2D eigenvalue weighted by atomic mass is 127. The van der Waals surface area contributed by atoms with E-state index in [2.05, 4.69) is 20.9 Å². The van der Waals surface area contributed by atoms with E-state index in [0.29, 0.717) is 36.2 Å². The number of carbonyl (C=O) groups is 1. The summed E-state index contributed by atoms with van der Waals surface area (Å²) in [7, 11) is 0. The second-order valence-corrected chi connectivity index (χ2v) is 7.34. The van der Waals surface area contributed by atoms with Gasteiger partial charge in [-0.2, -0.15) is 0 Å². The lowest BCUT2D eigenvalue weighted by Gasteiger charge is -2.19. The summed E-state index contributed by atoms with van der Waals surface area (Å²) in [6.45, 7) is 7.61. The van der Waals surface area contributed by atoms with Crippen LogP contribution in [0.3, 0.4) is 0 Å². The zero-order valence-corrected chi connectivity index (χ0v) is 19.6. The number of carbonyl (C=O) groups excluding carboxylic acids is 1. The minimum absolute atomic E-state index is 0. The van der Waals surface area contributed by atoms with Gasteiger partial charge < -0.3 is 25.5 Å². The lowest BCUT2D eigenvalue weighted by Crippen LogP contribution is -2.40. The Hall–Kier alpha value is -1.59. The third kappa shape index (κ3) is 7.80. The highest BCUT2D eigenvalue weighted by Gasteiger charge is 2.26. The van der Waals surface area contributed by atoms with Gasteiger partial charge in [0.15, 0.2) is 5.96 Å². The fourth-order valence-corrected chi connectivity index (χ4v) is 3.01. The molecule has 0 fully saturated rings. The number of hydrogen-bond donors (Lipinski definition) is 4. The summed E-state index contributed by atoms with van der Waals surface area (Å²) in [6.07, 6.45) is 0.759. The zero-order chi connectivity index (χ0) is 19.7. The first-order chi connectivity index (χ1) is 12.9. The first-order valence-corrected chi connectivity index (χ1v) is 9.93. The number of rotatable bonds is 9. The van der Waals surface area contributed by atoms with Crippen LogP contribution in [0.5, 0.6) is 0 Å². The Morgan fingerprint density at radius 3 is 2.61 bits per heavy atom. The molecule has 156 valence electrons. The Labute approximate surface area is 187 Å².